The Morgan fingerprint density at radius 1 is 0.545 bits per heavy atom. The van der Waals surface area contributed by atoms with Crippen molar-refractivity contribution in [1.29, 1.82) is 0 Å². The largest absolute Gasteiger partial charge is 0.336 e. The number of aromatic nitrogens is 1. The normalized spacial score (nSPS) is 11.1. The zero-order chi connectivity index (χ0) is 14.8. The molecule has 0 aliphatic rings. The van der Waals surface area contributed by atoms with Crippen LogP contribution in [0.4, 0.5) is 0 Å². The zero-order valence-electron chi connectivity index (χ0n) is 12.3. The highest BCUT2D eigenvalue weighted by Crippen LogP contribution is 2.30. The second kappa shape index (κ2) is 5.53. The van der Waals surface area contributed by atoms with Gasteiger partial charge in [-0.15, -0.1) is 0 Å². The van der Waals surface area contributed by atoms with Crippen molar-refractivity contribution in [3.05, 3.63) is 108 Å². The number of hydrogen-bond acceptors (Lipinski definition) is 0. The van der Waals surface area contributed by atoms with Crippen LogP contribution in [0.3, 0.4) is 0 Å². The van der Waals surface area contributed by atoms with E-state index in [1.54, 1.807) is 0 Å². The van der Waals surface area contributed by atoms with E-state index in [9.17, 15) is 0 Å². The fourth-order valence-electron chi connectivity index (χ4n) is 3.11. The summed E-state index contributed by atoms with van der Waals surface area (Å²) in [5.41, 5.74) is 3.87. The maximum Gasteiger partial charge on any atom is 0.0839 e. The Hall–Kier alpha value is -2.80. The quantitative estimate of drug-likeness (QED) is 0.482. The van der Waals surface area contributed by atoms with E-state index in [2.05, 4.69) is 102 Å². The SMILES string of the molecule is c1ccc(C(c2ccccc2)n2ccc3ccccc32)cc1. The summed E-state index contributed by atoms with van der Waals surface area (Å²) in [7, 11) is 0. The van der Waals surface area contributed by atoms with Gasteiger partial charge in [0.1, 0.15) is 0 Å². The molecule has 1 aromatic heterocycles. The van der Waals surface area contributed by atoms with Crippen LogP contribution in [-0.4, -0.2) is 4.57 Å². The molecule has 0 amide bonds. The van der Waals surface area contributed by atoms with Crippen molar-refractivity contribution in [2.45, 2.75) is 6.04 Å². The van der Waals surface area contributed by atoms with Crippen LogP contribution in [0.1, 0.15) is 17.2 Å². The van der Waals surface area contributed by atoms with Crippen LogP contribution < -0.4 is 0 Å². The lowest BCUT2D eigenvalue weighted by Gasteiger charge is -2.21. The van der Waals surface area contributed by atoms with Crippen LogP contribution in [0.15, 0.2) is 97.2 Å². The Balaban J connectivity index is 1.95. The third-order valence-corrected chi connectivity index (χ3v) is 4.14. The van der Waals surface area contributed by atoms with E-state index >= 15 is 0 Å². The Kier molecular flexibility index (Phi) is 3.24. The molecule has 0 saturated heterocycles. The van der Waals surface area contributed by atoms with Gasteiger partial charge in [-0.25, -0.2) is 0 Å². The summed E-state index contributed by atoms with van der Waals surface area (Å²) in [6.07, 6.45) is 2.19. The molecular weight excluding hydrogens is 266 g/mol. The Labute approximate surface area is 130 Å². The van der Waals surface area contributed by atoms with Gasteiger partial charge in [-0.05, 0) is 28.6 Å². The summed E-state index contributed by atoms with van der Waals surface area (Å²) >= 11 is 0. The smallest absolute Gasteiger partial charge is 0.0839 e. The third-order valence-electron chi connectivity index (χ3n) is 4.14. The molecule has 0 saturated carbocycles. The summed E-state index contributed by atoms with van der Waals surface area (Å²) in [4.78, 5) is 0. The lowest BCUT2D eigenvalue weighted by molar-refractivity contribution is 0.705. The van der Waals surface area contributed by atoms with Gasteiger partial charge in [-0.1, -0.05) is 78.9 Å². The van der Waals surface area contributed by atoms with Gasteiger partial charge >= 0.3 is 0 Å². The molecule has 0 fully saturated rings. The molecule has 1 nitrogen and oxygen atoms in total. The van der Waals surface area contributed by atoms with Crippen LogP contribution in [0, 0.1) is 0 Å². The topological polar surface area (TPSA) is 4.93 Å². The van der Waals surface area contributed by atoms with Crippen molar-refractivity contribution >= 4 is 10.9 Å². The monoisotopic (exact) mass is 283 g/mol. The van der Waals surface area contributed by atoms with Gasteiger partial charge in [0, 0.05) is 11.7 Å². The van der Waals surface area contributed by atoms with Gasteiger partial charge in [0.25, 0.3) is 0 Å². The van der Waals surface area contributed by atoms with Crippen molar-refractivity contribution in [2.24, 2.45) is 0 Å². The summed E-state index contributed by atoms with van der Waals surface area (Å²) in [6.45, 7) is 0. The number of rotatable bonds is 3. The van der Waals surface area contributed by atoms with Crippen LogP contribution in [0.5, 0.6) is 0 Å². The first kappa shape index (κ1) is 12.9. The maximum atomic E-state index is 2.36. The van der Waals surface area contributed by atoms with Gasteiger partial charge in [-0.2, -0.15) is 0 Å². The van der Waals surface area contributed by atoms with Crippen LogP contribution in [0.25, 0.3) is 10.9 Å². The van der Waals surface area contributed by atoms with Gasteiger partial charge in [-0.3, -0.25) is 0 Å². The lowest BCUT2D eigenvalue weighted by Crippen LogP contribution is -2.11. The van der Waals surface area contributed by atoms with Gasteiger partial charge in [0.15, 0.2) is 0 Å². The van der Waals surface area contributed by atoms with Crippen molar-refractivity contribution in [2.75, 3.05) is 0 Å². The highest BCUT2D eigenvalue weighted by molar-refractivity contribution is 5.80. The highest BCUT2D eigenvalue weighted by Gasteiger charge is 2.17. The summed E-state index contributed by atoms with van der Waals surface area (Å²) < 4.78 is 2.36. The van der Waals surface area contributed by atoms with Gasteiger partial charge in [0.2, 0.25) is 0 Å². The number of benzene rings is 3. The van der Waals surface area contributed by atoms with Crippen LogP contribution in [-0.2, 0) is 0 Å². The van der Waals surface area contributed by atoms with Crippen molar-refractivity contribution in [1.82, 2.24) is 4.57 Å². The molecule has 0 bridgehead atoms. The predicted molar refractivity (Wildman–Crippen MR) is 92.1 cm³/mol. The minimum Gasteiger partial charge on any atom is -0.336 e. The van der Waals surface area contributed by atoms with E-state index in [1.807, 2.05) is 0 Å². The van der Waals surface area contributed by atoms with Gasteiger partial charge in [0.05, 0.1) is 6.04 Å². The minimum absolute atomic E-state index is 0.197. The molecular formula is C21H17N. The molecule has 106 valence electrons. The first-order valence-electron chi connectivity index (χ1n) is 7.59. The average molecular weight is 283 g/mol. The van der Waals surface area contributed by atoms with E-state index in [4.69, 9.17) is 0 Å². The van der Waals surface area contributed by atoms with Crippen LogP contribution >= 0.6 is 0 Å². The fourth-order valence-corrected chi connectivity index (χ4v) is 3.11. The molecule has 0 N–H and O–H groups in total. The van der Waals surface area contributed by atoms with Crippen LogP contribution in [0.2, 0.25) is 0 Å². The van der Waals surface area contributed by atoms with Crippen molar-refractivity contribution in [3.8, 4) is 0 Å². The predicted octanol–water partition coefficient (Wildman–Crippen LogP) is 5.28. The Morgan fingerprint density at radius 3 is 1.73 bits per heavy atom. The van der Waals surface area contributed by atoms with E-state index in [1.165, 1.54) is 22.0 Å². The molecule has 4 rings (SSSR count). The second-order valence-electron chi connectivity index (χ2n) is 5.51. The Morgan fingerprint density at radius 2 is 1.09 bits per heavy atom. The number of nitrogens with zero attached hydrogens (tertiary/aromatic N) is 1. The number of para-hydroxylation sites is 1. The molecule has 0 unspecified atom stereocenters. The molecule has 0 radical (unpaired) electrons. The molecule has 1 heterocycles. The van der Waals surface area contributed by atoms with E-state index < -0.39 is 0 Å². The average Bonchev–Trinajstić information content (AvgIpc) is 3.01. The first-order valence-corrected chi connectivity index (χ1v) is 7.59. The second-order valence-corrected chi connectivity index (χ2v) is 5.51. The molecule has 0 atom stereocenters. The minimum atomic E-state index is 0.197. The number of hydrogen-bond donors (Lipinski definition) is 0. The maximum absolute atomic E-state index is 2.36. The summed E-state index contributed by atoms with van der Waals surface area (Å²) in [5.74, 6) is 0. The summed E-state index contributed by atoms with van der Waals surface area (Å²) in [5, 5.41) is 1.28. The molecule has 1 heteroatoms. The number of fused-ring (bicyclic) bond motifs is 1. The first-order chi connectivity index (χ1) is 10.9. The third kappa shape index (κ3) is 2.21. The molecule has 0 aliphatic carbocycles. The van der Waals surface area contributed by atoms with Crippen molar-refractivity contribution < 1.29 is 0 Å². The van der Waals surface area contributed by atoms with E-state index in [0.29, 0.717) is 0 Å². The van der Waals surface area contributed by atoms with E-state index in [0.717, 1.165) is 0 Å². The zero-order valence-corrected chi connectivity index (χ0v) is 12.3. The highest BCUT2D eigenvalue weighted by atomic mass is 15.0. The molecule has 22 heavy (non-hydrogen) atoms. The standard InChI is InChI=1S/C21H17N/c1-3-10-18(11-4-1)21(19-12-5-2-6-13-19)22-16-15-17-9-7-8-14-20(17)22/h1-16,21H. The van der Waals surface area contributed by atoms with Gasteiger partial charge < -0.3 is 4.57 Å². The Bertz CT molecular complexity index is 836. The van der Waals surface area contributed by atoms with Crippen molar-refractivity contribution in [3.63, 3.8) is 0 Å². The molecule has 4 aromatic rings. The molecule has 0 spiro atoms. The fraction of sp³-hybridized carbons (Fsp3) is 0.0476. The van der Waals surface area contributed by atoms with E-state index in [-0.39, 0.29) is 6.04 Å². The molecule has 3 aromatic carbocycles. The summed E-state index contributed by atoms with van der Waals surface area (Å²) in [6, 6.07) is 32.3. The lowest BCUT2D eigenvalue weighted by atomic mass is 9.98. The molecule has 0 aliphatic heterocycles.